The Bertz CT molecular complexity index is 337. The largest absolute Gasteiger partial charge is 0.299 e. The van der Waals surface area contributed by atoms with E-state index in [2.05, 4.69) is 52.0 Å². The molecule has 1 heterocycles. The molecule has 1 atom stereocenters. The Morgan fingerprint density at radius 1 is 1.38 bits per heavy atom. The summed E-state index contributed by atoms with van der Waals surface area (Å²) >= 11 is 3.63. The van der Waals surface area contributed by atoms with E-state index >= 15 is 0 Å². The van der Waals surface area contributed by atoms with Crippen molar-refractivity contribution < 1.29 is 0 Å². The number of likely N-dealkylation sites (tertiary alicyclic amines) is 1. The summed E-state index contributed by atoms with van der Waals surface area (Å²) in [7, 11) is 0. The second-order valence-electron chi connectivity index (χ2n) is 4.74. The maximum absolute atomic E-state index is 3.63. The van der Waals surface area contributed by atoms with Gasteiger partial charge < -0.3 is 0 Å². The molecule has 1 aromatic rings. The van der Waals surface area contributed by atoms with Gasteiger partial charge in [-0.05, 0) is 36.9 Å². The smallest absolute Gasteiger partial charge is 0.0245 e. The molecule has 0 amide bonds. The zero-order valence-corrected chi connectivity index (χ0v) is 11.5. The van der Waals surface area contributed by atoms with Gasteiger partial charge in [0.05, 0.1) is 0 Å². The van der Waals surface area contributed by atoms with Crippen LogP contribution in [0, 0.1) is 5.92 Å². The number of hydrogen-bond acceptors (Lipinski definition) is 1. The standard InChI is InChI=1S/C14H20BrN/c1-2-12-6-5-9-16(10-12)11-13-7-3-4-8-14(13)15/h3-4,7-8,12H,2,5-6,9-11H2,1H3. The molecule has 1 nitrogen and oxygen atoms in total. The Balaban J connectivity index is 1.97. The molecule has 2 rings (SSSR count). The van der Waals surface area contributed by atoms with Gasteiger partial charge in [0.1, 0.15) is 0 Å². The van der Waals surface area contributed by atoms with E-state index in [1.54, 1.807) is 0 Å². The number of hydrogen-bond donors (Lipinski definition) is 0. The molecule has 1 aliphatic heterocycles. The average molecular weight is 282 g/mol. The summed E-state index contributed by atoms with van der Waals surface area (Å²) in [4.78, 5) is 2.60. The second-order valence-corrected chi connectivity index (χ2v) is 5.60. The van der Waals surface area contributed by atoms with Crippen LogP contribution in [-0.4, -0.2) is 18.0 Å². The van der Waals surface area contributed by atoms with Crippen LogP contribution in [-0.2, 0) is 6.54 Å². The Morgan fingerprint density at radius 3 is 2.94 bits per heavy atom. The van der Waals surface area contributed by atoms with Crippen molar-refractivity contribution in [3.63, 3.8) is 0 Å². The monoisotopic (exact) mass is 281 g/mol. The highest BCUT2D eigenvalue weighted by Crippen LogP contribution is 2.23. The summed E-state index contributed by atoms with van der Waals surface area (Å²) in [5.41, 5.74) is 1.42. The van der Waals surface area contributed by atoms with Gasteiger partial charge in [-0.1, -0.05) is 47.5 Å². The molecule has 16 heavy (non-hydrogen) atoms. The van der Waals surface area contributed by atoms with Crippen LogP contribution in [0.5, 0.6) is 0 Å². The normalized spacial score (nSPS) is 22.2. The van der Waals surface area contributed by atoms with E-state index in [-0.39, 0.29) is 0 Å². The van der Waals surface area contributed by atoms with Crippen LogP contribution in [0.25, 0.3) is 0 Å². The molecule has 1 aromatic carbocycles. The average Bonchev–Trinajstić information content (AvgIpc) is 2.32. The second kappa shape index (κ2) is 5.83. The molecule has 0 bridgehead atoms. The van der Waals surface area contributed by atoms with E-state index in [0.29, 0.717) is 0 Å². The Kier molecular flexibility index (Phi) is 4.42. The van der Waals surface area contributed by atoms with Crippen LogP contribution >= 0.6 is 15.9 Å². The van der Waals surface area contributed by atoms with Crippen LogP contribution in [0.1, 0.15) is 31.7 Å². The SMILES string of the molecule is CCC1CCCN(Cc2ccccc2Br)C1. The van der Waals surface area contributed by atoms with E-state index in [0.717, 1.165) is 12.5 Å². The first-order valence-electron chi connectivity index (χ1n) is 6.25. The topological polar surface area (TPSA) is 3.24 Å². The highest BCUT2D eigenvalue weighted by molar-refractivity contribution is 9.10. The zero-order chi connectivity index (χ0) is 11.4. The summed E-state index contributed by atoms with van der Waals surface area (Å²) in [6, 6.07) is 8.57. The lowest BCUT2D eigenvalue weighted by Crippen LogP contribution is -2.34. The molecule has 0 N–H and O–H groups in total. The first-order chi connectivity index (χ1) is 7.79. The number of benzene rings is 1. The maximum atomic E-state index is 3.63. The Hall–Kier alpha value is -0.340. The molecule has 0 radical (unpaired) electrons. The fourth-order valence-electron chi connectivity index (χ4n) is 2.50. The molecule has 1 aliphatic rings. The van der Waals surface area contributed by atoms with Gasteiger partial charge in [0.2, 0.25) is 0 Å². The fourth-order valence-corrected chi connectivity index (χ4v) is 2.91. The van der Waals surface area contributed by atoms with Crippen LogP contribution in [0.3, 0.4) is 0 Å². The van der Waals surface area contributed by atoms with Gasteiger partial charge in [-0.15, -0.1) is 0 Å². The third kappa shape index (κ3) is 3.08. The van der Waals surface area contributed by atoms with E-state index in [1.807, 2.05) is 0 Å². The summed E-state index contributed by atoms with van der Waals surface area (Å²) in [5, 5.41) is 0. The van der Waals surface area contributed by atoms with Gasteiger partial charge in [0, 0.05) is 17.6 Å². The van der Waals surface area contributed by atoms with Crippen molar-refractivity contribution in [2.45, 2.75) is 32.7 Å². The lowest BCUT2D eigenvalue weighted by atomic mass is 9.95. The van der Waals surface area contributed by atoms with Crippen LogP contribution in [0.2, 0.25) is 0 Å². The van der Waals surface area contributed by atoms with E-state index in [4.69, 9.17) is 0 Å². The summed E-state index contributed by atoms with van der Waals surface area (Å²) < 4.78 is 1.24. The number of piperidine rings is 1. The highest BCUT2D eigenvalue weighted by atomic mass is 79.9. The van der Waals surface area contributed by atoms with Gasteiger partial charge in [0.15, 0.2) is 0 Å². The quantitative estimate of drug-likeness (QED) is 0.807. The minimum Gasteiger partial charge on any atom is -0.299 e. The van der Waals surface area contributed by atoms with Gasteiger partial charge >= 0.3 is 0 Å². The fraction of sp³-hybridized carbons (Fsp3) is 0.571. The first kappa shape index (κ1) is 12.1. The van der Waals surface area contributed by atoms with Crippen molar-refractivity contribution in [3.8, 4) is 0 Å². The summed E-state index contributed by atoms with van der Waals surface area (Å²) in [6.07, 6.45) is 4.11. The lowest BCUT2D eigenvalue weighted by molar-refractivity contribution is 0.164. The number of nitrogens with zero attached hydrogens (tertiary/aromatic N) is 1. The third-order valence-electron chi connectivity index (χ3n) is 3.53. The van der Waals surface area contributed by atoms with Gasteiger partial charge in [-0.3, -0.25) is 4.90 Å². The van der Waals surface area contributed by atoms with Gasteiger partial charge in [0.25, 0.3) is 0 Å². The van der Waals surface area contributed by atoms with E-state index in [9.17, 15) is 0 Å². The molecule has 1 saturated heterocycles. The van der Waals surface area contributed by atoms with Crippen molar-refractivity contribution in [2.24, 2.45) is 5.92 Å². The van der Waals surface area contributed by atoms with E-state index in [1.165, 1.54) is 42.4 Å². The van der Waals surface area contributed by atoms with Crippen LogP contribution in [0.4, 0.5) is 0 Å². The molecule has 1 unspecified atom stereocenters. The molecule has 0 aromatic heterocycles. The third-order valence-corrected chi connectivity index (χ3v) is 4.31. The zero-order valence-electron chi connectivity index (χ0n) is 9.95. The molecular formula is C14H20BrN. The number of rotatable bonds is 3. The van der Waals surface area contributed by atoms with Crippen LogP contribution < -0.4 is 0 Å². The van der Waals surface area contributed by atoms with Crippen molar-refractivity contribution in [1.82, 2.24) is 4.90 Å². The first-order valence-corrected chi connectivity index (χ1v) is 7.04. The Morgan fingerprint density at radius 2 is 2.19 bits per heavy atom. The molecule has 0 spiro atoms. The lowest BCUT2D eigenvalue weighted by Gasteiger charge is -2.32. The Labute approximate surface area is 107 Å². The van der Waals surface area contributed by atoms with Crippen molar-refractivity contribution in [1.29, 1.82) is 0 Å². The summed E-state index contributed by atoms with van der Waals surface area (Å²) in [5.74, 6) is 0.913. The minimum atomic E-state index is 0.913. The molecule has 88 valence electrons. The maximum Gasteiger partial charge on any atom is 0.0245 e. The summed E-state index contributed by atoms with van der Waals surface area (Å²) in [6.45, 7) is 5.94. The minimum absolute atomic E-state index is 0.913. The van der Waals surface area contributed by atoms with Crippen molar-refractivity contribution in [2.75, 3.05) is 13.1 Å². The van der Waals surface area contributed by atoms with Gasteiger partial charge in [-0.2, -0.15) is 0 Å². The molecule has 0 aliphatic carbocycles. The predicted molar refractivity (Wildman–Crippen MR) is 72.4 cm³/mol. The molecule has 0 saturated carbocycles. The molecule has 2 heteroatoms. The van der Waals surface area contributed by atoms with Gasteiger partial charge in [-0.25, -0.2) is 0 Å². The van der Waals surface area contributed by atoms with Crippen molar-refractivity contribution >= 4 is 15.9 Å². The molecule has 1 fully saturated rings. The van der Waals surface area contributed by atoms with Crippen LogP contribution in [0.15, 0.2) is 28.7 Å². The van der Waals surface area contributed by atoms with Crippen molar-refractivity contribution in [3.05, 3.63) is 34.3 Å². The van der Waals surface area contributed by atoms with E-state index < -0.39 is 0 Å². The number of halogens is 1. The predicted octanol–water partition coefficient (Wildman–Crippen LogP) is 4.07. The highest BCUT2D eigenvalue weighted by Gasteiger charge is 2.18. The molecular weight excluding hydrogens is 262 g/mol.